The zero-order chi connectivity index (χ0) is 24.5. The lowest BCUT2D eigenvalue weighted by Gasteiger charge is -2.35. The molecule has 4 rings (SSSR count). The number of aromatic amines is 1. The van der Waals surface area contributed by atoms with Crippen LogP contribution in [0.2, 0.25) is 0 Å². The van der Waals surface area contributed by atoms with Crippen molar-refractivity contribution < 1.29 is 4.42 Å². The van der Waals surface area contributed by atoms with E-state index in [1.54, 1.807) is 6.26 Å². The van der Waals surface area contributed by atoms with Gasteiger partial charge in [0.25, 0.3) is 5.56 Å². The fraction of sp³-hybridized carbons (Fsp3) is 0.462. The number of benzene rings is 1. The monoisotopic (exact) mass is 462 g/mol. The van der Waals surface area contributed by atoms with E-state index in [0.29, 0.717) is 18.7 Å². The van der Waals surface area contributed by atoms with E-state index in [4.69, 9.17) is 4.42 Å². The largest absolute Gasteiger partial charge is 0.468 e. The number of pyridine rings is 1. The van der Waals surface area contributed by atoms with Gasteiger partial charge in [-0.3, -0.25) is 9.69 Å². The van der Waals surface area contributed by atoms with Crippen LogP contribution in [0, 0.1) is 12.8 Å². The van der Waals surface area contributed by atoms with Crippen molar-refractivity contribution in [3.63, 3.8) is 0 Å². The number of para-hydroxylation sites is 1. The number of nitrogens with one attached hydrogen (secondary N) is 1. The highest BCUT2D eigenvalue weighted by Gasteiger charge is 2.34. The standard InChI is InChI=1S/C26H34N6O2/c1-7-26(5,6)32-24(28-29-30-32)23(17(2)3)31(16-21-12-9-13-34-21)15-20-14-19-11-8-10-18(4)22(19)27-25(20)33/h8-14,17,23H,7,15-16H2,1-6H3,(H,27,33)/t23-/m1/s1. The quantitative estimate of drug-likeness (QED) is 0.378. The van der Waals surface area contributed by atoms with Crippen molar-refractivity contribution in [2.45, 2.75) is 72.6 Å². The molecule has 0 fully saturated rings. The fourth-order valence-corrected chi connectivity index (χ4v) is 4.46. The molecule has 34 heavy (non-hydrogen) atoms. The Morgan fingerprint density at radius 2 is 1.97 bits per heavy atom. The number of fused-ring (bicyclic) bond motifs is 1. The molecule has 8 nitrogen and oxygen atoms in total. The third kappa shape index (κ3) is 4.68. The van der Waals surface area contributed by atoms with Crippen LogP contribution in [-0.4, -0.2) is 30.1 Å². The van der Waals surface area contributed by atoms with E-state index in [2.05, 4.69) is 60.0 Å². The molecule has 1 N–H and O–H groups in total. The lowest BCUT2D eigenvalue weighted by Crippen LogP contribution is -2.38. The lowest BCUT2D eigenvalue weighted by molar-refractivity contribution is 0.109. The zero-order valence-electron chi connectivity index (χ0n) is 20.9. The Labute approximate surface area is 200 Å². The average Bonchev–Trinajstić information content (AvgIpc) is 3.48. The van der Waals surface area contributed by atoms with Gasteiger partial charge in [0.1, 0.15) is 5.76 Å². The van der Waals surface area contributed by atoms with Gasteiger partial charge < -0.3 is 9.40 Å². The zero-order valence-corrected chi connectivity index (χ0v) is 20.9. The maximum Gasteiger partial charge on any atom is 0.252 e. The number of nitrogens with zero attached hydrogens (tertiary/aromatic N) is 5. The second kappa shape index (κ2) is 9.54. The van der Waals surface area contributed by atoms with Gasteiger partial charge in [-0.2, -0.15) is 0 Å². The first-order valence-electron chi connectivity index (χ1n) is 11.9. The number of furan rings is 1. The molecule has 0 saturated carbocycles. The maximum atomic E-state index is 13.1. The van der Waals surface area contributed by atoms with Crippen molar-refractivity contribution in [3.05, 3.63) is 75.7 Å². The summed E-state index contributed by atoms with van der Waals surface area (Å²) in [6.07, 6.45) is 2.56. The van der Waals surface area contributed by atoms with Crippen LogP contribution < -0.4 is 5.56 Å². The molecule has 1 atom stereocenters. The van der Waals surface area contributed by atoms with E-state index in [-0.39, 0.29) is 23.1 Å². The van der Waals surface area contributed by atoms with Crippen molar-refractivity contribution in [2.24, 2.45) is 5.92 Å². The third-order valence-corrected chi connectivity index (χ3v) is 6.70. The van der Waals surface area contributed by atoms with Gasteiger partial charge in [-0.05, 0) is 72.7 Å². The molecule has 0 amide bonds. The molecule has 4 aromatic rings. The van der Waals surface area contributed by atoms with E-state index in [0.717, 1.165) is 34.5 Å². The van der Waals surface area contributed by atoms with Crippen LogP contribution in [-0.2, 0) is 18.6 Å². The smallest absolute Gasteiger partial charge is 0.252 e. The summed E-state index contributed by atoms with van der Waals surface area (Å²) in [4.78, 5) is 18.5. The third-order valence-electron chi connectivity index (χ3n) is 6.70. The van der Waals surface area contributed by atoms with Crippen molar-refractivity contribution in [1.82, 2.24) is 30.1 Å². The van der Waals surface area contributed by atoms with Gasteiger partial charge in [-0.1, -0.05) is 39.0 Å². The topological polar surface area (TPSA) is 92.8 Å². The Bertz CT molecular complexity index is 1300. The van der Waals surface area contributed by atoms with Gasteiger partial charge in [0, 0.05) is 12.1 Å². The van der Waals surface area contributed by atoms with Gasteiger partial charge in [-0.25, -0.2) is 4.68 Å². The summed E-state index contributed by atoms with van der Waals surface area (Å²) in [6, 6.07) is 11.8. The molecule has 1 aromatic carbocycles. The summed E-state index contributed by atoms with van der Waals surface area (Å²) in [5.41, 5.74) is 2.31. The molecule has 3 aromatic heterocycles. The molecule has 0 bridgehead atoms. The van der Waals surface area contributed by atoms with Crippen molar-refractivity contribution in [1.29, 1.82) is 0 Å². The molecule has 0 radical (unpaired) electrons. The first-order valence-corrected chi connectivity index (χ1v) is 11.9. The Kier molecular flexibility index (Phi) is 6.70. The number of aryl methyl sites for hydroxylation is 1. The van der Waals surface area contributed by atoms with Crippen molar-refractivity contribution >= 4 is 10.9 Å². The van der Waals surface area contributed by atoms with Gasteiger partial charge in [0.05, 0.1) is 29.9 Å². The van der Waals surface area contributed by atoms with E-state index >= 15 is 0 Å². The van der Waals surface area contributed by atoms with Crippen LogP contribution in [0.5, 0.6) is 0 Å². The highest BCUT2D eigenvalue weighted by molar-refractivity contribution is 5.81. The average molecular weight is 463 g/mol. The normalized spacial score (nSPS) is 13.3. The predicted molar refractivity (Wildman–Crippen MR) is 132 cm³/mol. The SMILES string of the molecule is CCC(C)(C)n1nnnc1[C@@H](C(C)C)N(Cc1ccco1)Cc1cc2cccc(C)c2[nH]c1=O. The molecule has 0 saturated heterocycles. The predicted octanol–water partition coefficient (Wildman–Crippen LogP) is 4.96. The van der Waals surface area contributed by atoms with Gasteiger partial charge >= 0.3 is 0 Å². The summed E-state index contributed by atoms with van der Waals surface area (Å²) in [7, 11) is 0. The molecule has 0 aliphatic carbocycles. The van der Waals surface area contributed by atoms with E-state index in [9.17, 15) is 4.79 Å². The second-order valence-corrected chi connectivity index (χ2v) is 9.95. The van der Waals surface area contributed by atoms with Crippen molar-refractivity contribution in [3.8, 4) is 0 Å². The summed E-state index contributed by atoms with van der Waals surface area (Å²) in [5.74, 6) is 1.81. The highest BCUT2D eigenvalue weighted by Crippen LogP contribution is 2.33. The van der Waals surface area contributed by atoms with E-state index < -0.39 is 0 Å². The molecule has 8 heteroatoms. The number of hydrogen-bond donors (Lipinski definition) is 1. The van der Waals surface area contributed by atoms with Crippen molar-refractivity contribution in [2.75, 3.05) is 0 Å². The Balaban J connectivity index is 1.80. The minimum absolute atomic E-state index is 0.0813. The molecule has 0 spiro atoms. The molecule has 3 heterocycles. The minimum Gasteiger partial charge on any atom is -0.468 e. The highest BCUT2D eigenvalue weighted by atomic mass is 16.3. The number of hydrogen-bond acceptors (Lipinski definition) is 6. The molecule has 0 aliphatic heterocycles. The van der Waals surface area contributed by atoms with E-state index in [1.807, 2.05) is 48.0 Å². The molecular weight excluding hydrogens is 428 g/mol. The first-order chi connectivity index (χ1) is 16.2. The summed E-state index contributed by atoms with van der Waals surface area (Å²) in [5, 5.41) is 13.9. The second-order valence-electron chi connectivity index (χ2n) is 9.95. The molecule has 0 aliphatic rings. The van der Waals surface area contributed by atoms with E-state index in [1.165, 1.54) is 0 Å². The summed E-state index contributed by atoms with van der Waals surface area (Å²) in [6.45, 7) is 13.7. The Morgan fingerprint density at radius 3 is 2.65 bits per heavy atom. The van der Waals surface area contributed by atoms with Crippen LogP contribution in [0.3, 0.4) is 0 Å². The molecule has 0 unspecified atom stereocenters. The van der Waals surface area contributed by atoms with Gasteiger partial charge in [-0.15, -0.1) is 5.10 Å². The van der Waals surface area contributed by atoms with Crippen LogP contribution in [0.1, 0.15) is 69.8 Å². The number of aromatic nitrogens is 5. The first kappa shape index (κ1) is 23.9. The Morgan fingerprint density at radius 1 is 1.18 bits per heavy atom. The summed E-state index contributed by atoms with van der Waals surface area (Å²) >= 11 is 0. The summed E-state index contributed by atoms with van der Waals surface area (Å²) < 4.78 is 7.63. The Hall–Kier alpha value is -3.26. The van der Waals surface area contributed by atoms with Crippen LogP contribution in [0.25, 0.3) is 10.9 Å². The molecule has 180 valence electrons. The molecular formula is C26H34N6O2. The van der Waals surface area contributed by atoms with Crippen LogP contribution >= 0.6 is 0 Å². The van der Waals surface area contributed by atoms with Gasteiger partial charge in [0.15, 0.2) is 5.82 Å². The maximum absolute atomic E-state index is 13.1. The van der Waals surface area contributed by atoms with Gasteiger partial charge in [0.2, 0.25) is 0 Å². The van der Waals surface area contributed by atoms with Crippen LogP contribution in [0.4, 0.5) is 0 Å². The lowest BCUT2D eigenvalue weighted by atomic mass is 9.97. The fourth-order valence-electron chi connectivity index (χ4n) is 4.46. The number of H-pyrrole nitrogens is 1. The number of rotatable bonds is 9. The number of tetrazole rings is 1. The minimum atomic E-state index is -0.236. The van der Waals surface area contributed by atoms with Crippen LogP contribution in [0.15, 0.2) is 51.9 Å².